The quantitative estimate of drug-likeness (QED) is 0.396. The molecule has 0 aliphatic rings. The predicted molar refractivity (Wildman–Crippen MR) is 74.0 cm³/mol. The summed E-state index contributed by atoms with van der Waals surface area (Å²) in [5, 5.41) is 0. The van der Waals surface area contributed by atoms with Crippen molar-refractivity contribution in [3.05, 3.63) is 23.3 Å². The number of rotatable bonds is 4. The number of alkyl halides is 1. The van der Waals surface area contributed by atoms with Gasteiger partial charge in [0.25, 0.3) is 0 Å². The minimum atomic E-state index is -0.183. The molecular formula is C14H25ClO. The summed E-state index contributed by atoms with van der Waals surface area (Å²) in [5.74, 6) is 0.641. The molecule has 0 spiro atoms. The topological polar surface area (TPSA) is 17.1 Å². The Balaban J connectivity index is 0. The summed E-state index contributed by atoms with van der Waals surface area (Å²) >= 11 is 5.32. The van der Waals surface area contributed by atoms with E-state index in [1.807, 2.05) is 47.6 Å². The molecule has 0 aliphatic heterocycles. The predicted octanol–water partition coefficient (Wildman–Crippen LogP) is 4.76. The highest BCUT2D eigenvalue weighted by molar-refractivity contribution is 6.18. The third kappa shape index (κ3) is 15.9. The van der Waals surface area contributed by atoms with Gasteiger partial charge in [-0.05, 0) is 34.1 Å². The summed E-state index contributed by atoms with van der Waals surface area (Å²) in [6.45, 7) is 12.0. The monoisotopic (exact) mass is 244 g/mol. The van der Waals surface area contributed by atoms with E-state index in [1.54, 1.807) is 0 Å². The summed E-state index contributed by atoms with van der Waals surface area (Å²) in [7, 11) is 0. The lowest BCUT2D eigenvalue weighted by Crippen LogP contribution is -2.10. The molecule has 0 amide bonds. The molecule has 0 saturated carbocycles. The lowest BCUT2D eigenvalue weighted by molar-refractivity contribution is -0.114. The molecule has 0 unspecified atom stereocenters. The first-order valence-electron chi connectivity index (χ1n) is 5.54. The Labute approximate surface area is 106 Å². The normalized spacial score (nSPS) is 9.69. The Hall–Kier alpha value is -0.560. The third-order valence-corrected chi connectivity index (χ3v) is 2.00. The van der Waals surface area contributed by atoms with Gasteiger partial charge in [-0.1, -0.05) is 37.1 Å². The van der Waals surface area contributed by atoms with Gasteiger partial charge in [0, 0.05) is 11.3 Å². The number of allylic oxidation sites excluding steroid dienone is 4. The van der Waals surface area contributed by atoms with Crippen LogP contribution in [0.15, 0.2) is 23.3 Å². The first-order chi connectivity index (χ1) is 7.25. The highest BCUT2D eigenvalue weighted by atomic mass is 35.5. The van der Waals surface area contributed by atoms with E-state index in [0.29, 0.717) is 5.88 Å². The first kappa shape index (κ1) is 17.8. The Kier molecular flexibility index (Phi) is 10.8. The van der Waals surface area contributed by atoms with Gasteiger partial charge in [-0.25, -0.2) is 0 Å². The van der Waals surface area contributed by atoms with E-state index in [-0.39, 0.29) is 5.41 Å². The molecule has 0 rings (SSSR count). The van der Waals surface area contributed by atoms with Crippen molar-refractivity contribution in [2.45, 2.75) is 48.0 Å². The largest absolute Gasteiger partial charge is 0.303 e. The van der Waals surface area contributed by atoms with Crippen molar-refractivity contribution in [3.8, 4) is 0 Å². The molecule has 0 heterocycles. The second-order valence-corrected chi connectivity index (χ2v) is 5.34. The zero-order valence-corrected chi connectivity index (χ0v) is 12.2. The van der Waals surface area contributed by atoms with Crippen LogP contribution in [-0.2, 0) is 4.79 Å². The van der Waals surface area contributed by atoms with E-state index < -0.39 is 0 Å². The van der Waals surface area contributed by atoms with Crippen LogP contribution in [0.3, 0.4) is 0 Å². The molecule has 0 aliphatic carbocycles. The van der Waals surface area contributed by atoms with E-state index in [2.05, 4.69) is 6.08 Å². The summed E-state index contributed by atoms with van der Waals surface area (Å²) < 4.78 is 0. The molecule has 1 nitrogen and oxygen atoms in total. The van der Waals surface area contributed by atoms with Crippen molar-refractivity contribution < 1.29 is 4.79 Å². The maximum absolute atomic E-state index is 10.4. The van der Waals surface area contributed by atoms with Gasteiger partial charge in [0.05, 0.1) is 0 Å². The van der Waals surface area contributed by atoms with Crippen molar-refractivity contribution in [2.75, 3.05) is 5.88 Å². The number of hydrogen-bond donors (Lipinski definition) is 0. The lowest BCUT2D eigenvalue weighted by Gasteiger charge is -2.13. The molecule has 0 saturated heterocycles. The molecule has 0 atom stereocenters. The van der Waals surface area contributed by atoms with E-state index in [9.17, 15) is 4.79 Å². The van der Waals surface area contributed by atoms with Gasteiger partial charge in [0.15, 0.2) is 0 Å². The van der Waals surface area contributed by atoms with Crippen LogP contribution in [0, 0.1) is 5.41 Å². The third-order valence-electron chi connectivity index (χ3n) is 1.84. The Bertz CT molecular complexity index is 241. The molecule has 0 radical (unpaired) electrons. The maximum atomic E-state index is 10.4. The van der Waals surface area contributed by atoms with Crippen LogP contribution >= 0.6 is 11.6 Å². The Morgan fingerprint density at radius 2 is 1.50 bits per heavy atom. The van der Waals surface area contributed by atoms with Crippen LogP contribution in [0.2, 0.25) is 0 Å². The molecule has 0 N–H and O–H groups in total. The molecule has 0 aromatic rings. The van der Waals surface area contributed by atoms with Gasteiger partial charge in [-0.15, -0.1) is 11.6 Å². The van der Waals surface area contributed by atoms with Gasteiger partial charge in [0.1, 0.15) is 6.29 Å². The van der Waals surface area contributed by atoms with E-state index in [1.165, 1.54) is 11.1 Å². The molecule has 16 heavy (non-hydrogen) atoms. The molecule has 2 heteroatoms. The van der Waals surface area contributed by atoms with Crippen molar-refractivity contribution >= 4 is 17.9 Å². The summed E-state index contributed by atoms with van der Waals surface area (Å²) in [6.07, 6.45) is 5.92. The smallest absolute Gasteiger partial charge is 0.125 e. The van der Waals surface area contributed by atoms with Crippen molar-refractivity contribution in [1.29, 1.82) is 0 Å². The summed E-state index contributed by atoms with van der Waals surface area (Å²) in [6, 6.07) is 0. The Morgan fingerprint density at radius 3 is 1.69 bits per heavy atom. The van der Waals surface area contributed by atoms with E-state index in [4.69, 9.17) is 11.6 Å². The van der Waals surface area contributed by atoms with Crippen LogP contribution < -0.4 is 0 Å². The fraction of sp³-hybridized carbons (Fsp3) is 0.643. The standard InChI is InChI=1S/C9H16O.C5H9Cl/c1-8(2)5-6-9(3,4)7-10;1-5(2)3-4-6/h5,7H,6H2,1-4H3;3H,4H2,1-2H3. The van der Waals surface area contributed by atoms with E-state index >= 15 is 0 Å². The van der Waals surface area contributed by atoms with Crippen LogP contribution in [0.1, 0.15) is 48.0 Å². The molecule has 0 fully saturated rings. The second kappa shape index (κ2) is 9.65. The minimum absolute atomic E-state index is 0.183. The van der Waals surface area contributed by atoms with Crippen molar-refractivity contribution in [3.63, 3.8) is 0 Å². The van der Waals surface area contributed by atoms with Crippen molar-refractivity contribution in [2.24, 2.45) is 5.41 Å². The summed E-state index contributed by atoms with van der Waals surface area (Å²) in [5.41, 5.74) is 2.37. The zero-order chi connectivity index (χ0) is 13.2. The van der Waals surface area contributed by atoms with Gasteiger partial charge in [0.2, 0.25) is 0 Å². The second-order valence-electron chi connectivity index (χ2n) is 5.03. The molecule has 94 valence electrons. The first-order valence-corrected chi connectivity index (χ1v) is 6.07. The number of hydrogen-bond acceptors (Lipinski definition) is 1. The molecule has 0 aromatic heterocycles. The van der Waals surface area contributed by atoms with Crippen LogP contribution in [0.5, 0.6) is 0 Å². The number of halogens is 1. The molecule has 0 aromatic carbocycles. The van der Waals surface area contributed by atoms with Crippen LogP contribution in [0.4, 0.5) is 0 Å². The Morgan fingerprint density at radius 1 is 1.06 bits per heavy atom. The van der Waals surface area contributed by atoms with Crippen LogP contribution in [-0.4, -0.2) is 12.2 Å². The number of carbonyl (C=O) groups excluding carboxylic acids is 1. The van der Waals surface area contributed by atoms with Gasteiger partial charge < -0.3 is 4.79 Å². The lowest BCUT2D eigenvalue weighted by atomic mass is 9.91. The number of carbonyl (C=O) groups is 1. The average molecular weight is 245 g/mol. The fourth-order valence-corrected chi connectivity index (χ4v) is 0.978. The van der Waals surface area contributed by atoms with Gasteiger partial charge >= 0.3 is 0 Å². The molecular weight excluding hydrogens is 220 g/mol. The minimum Gasteiger partial charge on any atom is -0.303 e. The summed E-state index contributed by atoms with van der Waals surface area (Å²) in [4.78, 5) is 10.4. The van der Waals surface area contributed by atoms with Crippen LogP contribution in [0.25, 0.3) is 0 Å². The average Bonchev–Trinajstić information content (AvgIpc) is 2.16. The van der Waals surface area contributed by atoms with Crippen molar-refractivity contribution in [1.82, 2.24) is 0 Å². The van der Waals surface area contributed by atoms with Gasteiger partial charge in [-0.3, -0.25) is 0 Å². The van der Waals surface area contributed by atoms with Gasteiger partial charge in [-0.2, -0.15) is 0 Å². The highest BCUT2D eigenvalue weighted by Gasteiger charge is 2.13. The number of aldehydes is 1. The molecule has 0 bridgehead atoms. The fourth-order valence-electron chi connectivity index (χ4n) is 0.670. The highest BCUT2D eigenvalue weighted by Crippen LogP contribution is 2.17. The maximum Gasteiger partial charge on any atom is 0.125 e. The van der Waals surface area contributed by atoms with E-state index in [0.717, 1.165) is 12.7 Å². The SMILES string of the molecule is CC(C)=CCC(C)(C)C=O.CC(C)=CCCl. The zero-order valence-electron chi connectivity index (χ0n) is 11.4.